The first kappa shape index (κ1) is 19.6. The van der Waals surface area contributed by atoms with Gasteiger partial charge in [-0.3, -0.25) is 14.5 Å². The van der Waals surface area contributed by atoms with E-state index in [1.54, 1.807) is 19.2 Å². The van der Waals surface area contributed by atoms with Gasteiger partial charge in [-0.15, -0.1) is 0 Å². The van der Waals surface area contributed by atoms with Crippen LogP contribution in [0.4, 0.5) is 16.2 Å². The summed E-state index contributed by atoms with van der Waals surface area (Å²) >= 11 is 0. The molecule has 0 aliphatic carbocycles. The Labute approximate surface area is 163 Å². The summed E-state index contributed by atoms with van der Waals surface area (Å²) in [5, 5.41) is 5.56. The van der Waals surface area contributed by atoms with Gasteiger partial charge in [0, 0.05) is 31.6 Å². The van der Waals surface area contributed by atoms with Crippen LogP contribution in [0.25, 0.3) is 0 Å². The summed E-state index contributed by atoms with van der Waals surface area (Å²) in [7, 11) is 1.57. The highest BCUT2D eigenvalue weighted by Gasteiger charge is 2.35. The molecule has 0 bridgehead atoms. The molecule has 0 saturated carbocycles. The van der Waals surface area contributed by atoms with E-state index in [1.807, 2.05) is 32.0 Å². The van der Waals surface area contributed by atoms with Gasteiger partial charge in [0.25, 0.3) is 11.8 Å². The minimum atomic E-state index is -0.411. The van der Waals surface area contributed by atoms with Gasteiger partial charge in [-0.1, -0.05) is 18.2 Å². The average Bonchev–Trinajstić information content (AvgIpc) is 2.89. The Morgan fingerprint density at radius 3 is 2.36 bits per heavy atom. The number of benzene rings is 2. The molecule has 0 atom stereocenters. The van der Waals surface area contributed by atoms with Crippen molar-refractivity contribution in [3.05, 3.63) is 58.7 Å². The maximum atomic E-state index is 12.6. The molecule has 7 heteroatoms. The van der Waals surface area contributed by atoms with E-state index in [0.717, 1.165) is 16.8 Å². The zero-order valence-electron chi connectivity index (χ0n) is 16.2. The van der Waals surface area contributed by atoms with Crippen molar-refractivity contribution in [2.75, 3.05) is 30.9 Å². The lowest BCUT2D eigenvalue weighted by Gasteiger charge is -2.13. The van der Waals surface area contributed by atoms with E-state index in [4.69, 9.17) is 4.74 Å². The predicted molar refractivity (Wildman–Crippen MR) is 107 cm³/mol. The molecule has 7 nitrogen and oxygen atoms in total. The normalized spacial score (nSPS) is 12.9. The maximum absolute atomic E-state index is 12.6. The van der Waals surface area contributed by atoms with Crippen molar-refractivity contribution in [3.63, 3.8) is 0 Å². The van der Waals surface area contributed by atoms with Crippen LogP contribution in [0.1, 0.15) is 38.3 Å². The average molecular weight is 381 g/mol. The van der Waals surface area contributed by atoms with Gasteiger partial charge in [0.2, 0.25) is 0 Å². The lowest BCUT2D eigenvalue weighted by Crippen LogP contribution is -2.31. The molecule has 1 aliphatic rings. The standard InChI is InChI=1S/C21H23N3O4/c1-13-6-4-7-14(2)18(13)23-21(27)22-15-8-9-16-17(12-15)20(26)24(19(16)25)10-5-11-28-3/h4,6-9,12H,5,10-11H2,1-3H3,(H2,22,23,27). The number of para-hydroxylation sites is 1. The van der Waals surface area contributed by atoms with Crippen molar-refractivity contribution in [3.8, 4) is 0 Å². The van der Waals surface area contributed by atoms with Gasteiger partial charge in [0.05, 0.1) is 11.1 Å². The number of methoxy groups -OCH3 is 1. The number of rotatable bonds is 6. The van der Waals surface area contributed by atoms with Crippen molar-refractivity contribution in [1.82, 2.24) is 4.90 Å². The third-order valence-corrected chi connectivity index (χ3v) is 4.68. The van der Waals surface area contributed by atoms with Crippen LogP contribution >= 0.6 is 0 Å². The van der Waals surface area contributed by atoms with Crippen molar-refractivity contribution in [1.29, 1.82) is 0 Å². The molecule has 0 radical (unpaired) electrons. The molecule has 2 aromatic carbocycles. The van der Waals surface area contributed by atoms with Crippen LogP contribution in [0.3, 0.4) is 0 Å². The van der Waals surface area contributed by atoms with Crippen LogP contribution in [-0.4, -0.2) is 43.0 Å². The first-order valence-corrected chi connectivity index (χ1v) is 9.05. The van der Waals surface area contributed by atoms with E-state index in [1.165, 1.54) is 11.0 Å². The number of aryl methyl sites for hydroxylation is 2. The zero-order chi connectivity index (χ0) is 20.3. The predicted octanol–water partition coefficient (Wildman–Crippen LogP) is 3.58. The van der Waals surface area contributed by atoms with E-state index >= 15 is 0 Å². The van der Waals surface area contributed by atoms with Crippen LogP contribution in [0, 0.1) is 13.8 Å². The molecular formula is C21H23N3O4. The molecule has 0 spiro atoms. The van der Waals surface area contributed by atoms with E-state index in [0.29, 0.717) is 36.4 Å². The van der Waals surface area contributed by atoms with Crippen molar-refractivity contribution in [2.24, 2.45) is 0 Å². The third-order valence-electron chi connectivity index (χ3n) is 4.68. The van der Waals surface area contributed by atoms with E-state index in [9.17, 15) is 14.4 Å². The number of nitrogens with one attached hydrogen (secondary N) is 2. The Morgan fingerprint density at radius 2 is 1.68 bits per heavy atom. The SMILES string of the molecule is COCCCN1C(=O)c2ccc(NC(=O)Nc3c(C)cccc3C)cc2C1=O. The molecule has 2 aromatic rings. The number of hydrogen-bond donors (Lipinski definition) is 2. The number of urea groups is 1. The second-order valence-corrected chi connectivity index (χ2v) is 6.71. The lowest BCUT2D eigenvalue weighted by molar-refractivity contribution is 0.0638. The number of imide groups is 1. The first-order valence-electron chi connectivity index (χ1n) is 9.05. The van der Waals surface area contributed by atoms with Gasteiger partial charge >= 0.3 is 6.03 Å². The van der Waals surface area contributed by atoms with Gasteiger partial charge in [-0.2, -0.15) is 0 Å². The van der Waals surface area contributed by atoms with Gasteiger partial charge < -0.3 is 15.4 Å². The fourth-order valence-electron chi connectivity index (χ4n) is 3.23. The smallest absolute Gasteiger partial charge is 0.323 e. The number of fused-ring (bicyclic) bond motifs is 1. The molecular weight excluding hydrogens is 358 g/mol. The number of hydrogen-bond acceptors (Lipinski definition) is 4. The van der Waals surface area contributed by atoms with Crippen LogP contribution in [-0.2, 0) is 4.74 Å². The number of anilines is 2. The van der Waals surface area contributed by atoms with Gasteiger partial charge in [-0.05, 0) is 49.6 Å². The van der Waals surface area contributed by atoms with E-state index in [2.05, 4.69) is 10.6 Å². The fourth-order valence-corrected chi connectivity index (χ4v) is 3.23. The Kier molecular flexibility index (Phi) is 5.75. The highest BCUT2D eigenvalue weighted by Crippen LogP contribution is 2.26. The molecule has 2 N–H and O–H groups in total. The zero-order valence-corrected chi connectivity index (χ0v) is 16.2. The molecule has 1 aliphatic heterocycles. The minimum Gasteiger partial charge on any atom is -0.385 e. The Bertz CT molecular complexity index is 919. The van der Waals surface area contributed by atoms with Crippen molar-refractivity contribution >= 4 is 29.2 Å². The Hall–Kier alpha value is -3.19. The molecule has 1 heterocycles. The van der Waals surface area contributed by atoms with E-state index < -0.39 is 6.03 Å². The lowest BCUT2D eigenvalue weighted by atomic mass is 10.1. The molecule has 3 rings (SSSR count). The second-order valence-electron chi connectivity index (χ2n) is 6.71. The van der Waals surface area contributed by atoms with Crippen molar-refractivity contribution in [2.45, 2.75) is 20.3 Å². The maximum Gasteiger partial charge on any atom is 0.323 e. The monoisotopic (exact) mass is 381 g/mol. The highest BCUT2D eigenvalue weighted by atomic mass is 16.5. The molecule has 146 valence electrons. The molecule has 0 aromatic heterocycles. The third kappa shape index (κ3) is 3.89. The topological polar surface area (TPSA) is 87.7 Å². The molecule has 0 unspecified atom stereocenters. The molecule has 28 heavy (non-hydrogen) atoms. The molecule has 4 amide bonds. The van der Waals surface area contributed by atoms with Crippen LogP contribution in [0.15, 0.2) is 36.4 Å². The number of nitrogens with zero attached hydrogens (tertiary/aromatic N) is 1. The highest BCUT2D eigenvalue weighted by molar-refractivity contribution is 6.22. The van der Waals surface area contributed by atoms with Crippen LogP contribution in [0.5, 0.6) is 0 Å². The van der Waals surface area contributed by atoms with Crippen LogP contribution in [0.2, 0.25) is 0 Å². The summed E-state index contributed by atoms with van der Waals surface area (Å²) in [5.41, 5.74) is 3.75. The summed E-state index contributed by atoms with van der Waals surface area (Å²) in [6.45, 7) is 4.61. The molecule has 0 saturated heterocycles. The molecule has 0 fully saturated rings. The number of carbonyl (C=O) groups excluding carboxylic acids is 3. The first-order chi connectivity index (χ1) is 13.4. The van der Waals surface area contributed by atoms with Gasteiger partial charge in [-0.25, -0.2) is 4.79 Å². The van der Waals surface area contributed by atoms with Gasteiger partial charge in [0.15, 0.2) is 0 Å². The second kappa shape index (κ2) is 8.22. The van der Waals surface area contributed by atoms with Gasteiger partial charge in [0.1, 0.15) is 0 Å². The summed E-state index contributed by atoms with van der Waals surface area (Å²) < 4.78 is 4.97. The Balaban J connectivity index is 1.72. The van der Waals surface area contributed by atoms with E-state index in [-0.39, 0.29) is 11.8 Å². The fraction of sp³-hybridized carbons (Fsp3) is 0.286. The number of ether oxygens (including phenoxy) is 1. The number of amides is 4. The quantitative estimate of drug-likeness (QED) is 0.591. The summed E-state index contributed by atoms with van der Waals surface area (Å²) in [6.07, 6.45) is 0.575. The largest absolute Gasteiger partial charge is 0.385 e. The van der Waals surface area contributed by atoms with Crippen molar-refractivity contribution < 1.29 is 19.1 Å². The van der Waals surface area contributed by atoms with Crippen LogP contribution < -0.4 is 10.6 Å². The minimum absolute atomic E-state index is 0.298. The number of carbonyl (C=O) groups is 3. The summed E-state index contributed by atoms with van der Waals surface area (Å²) in [4.78, 5) is 38.6. The Morgan fingerprint density at radius 1 is 1.00 bits per heavy atom. The summed E-state index contributed by atoms with van der Waals surface area (Å²) in [5.74, 6) is -0.669. The summed E-state index contributed by atoms with van der Waals surface area (Å²) in [6, 6.07) is 10.1.